The van der Waals surface area contributed by atoms with E-state index < -0.39 is 5.60 Å². The van der Waals surface area contributed by atoms with Crippen LogP contribution in [0.15, 0.2) is 22.7 Å². The molecule has 1 heterocycles. The van der Waals surface area contributed by atoms with Crippen LogP contribution < -0.4 is 10.6 Å². The van der Waals surface area contributed by atoms with Crippen LogP contribution in [-0.2, 0) is 4.74 Å². The molecule has 5 nitrogen and oxygen atoms in total. The Morgan fingerprint density at radius 1 is 1.50 bits per heavy atom. The maximum Gasteiger partial charge on any atom is 0.122 e. The van der Waals surface area contributed by atoms with Gasteiger partial charge in [0.1, 0.15) is 5.84 Å². The molecule has 0 saturated carbocycles. The monoisotopic (exact) mass is 341 g/mol. The molecule has 1 fully saturated rings. The number of likely N-dealkylation sites (N-methyl/N-ethyl adjacent to an activating group) is 1. The smallest absolute Gasteiger partial charge is 0.122 e. The molecule has 0 aliphatic carbocycles. The number of anilines is 1. The number of ether oxygens (including phenoxy) is 1. The van der Waals surface area contributed by atoms with Crippen molar-refractivity contribution in [2.75, 3.05) is 31.7 Å². The average molecular weight is 342 g/mol. The van der Waals surface area contributed by atoms with Gasteiger partial charge >= 0.3 is 0 Å². The highest BCUT2D eigenvalue weighted by atomic mass is 79.9. The lowest BCUT2D eigenvalue weighted by molar-refractivity contribution is -0.0572. The molecule has 0 aromatic heterocycles. The Morgan fingerprint density at radius 3 is 2.70 bits per heavy atom. The summed E-state index contributed by atoms with van der Waals surface area (Å²) in [6.07, 6.45) is 1.31. The van der Waals surface area contributed by atoms with Gasteiger partial charge in [0.05, 0.1) is 11.3 Å². The highest BCUT2D eigenvalue weighted by molar-refractivity contribution is 9.10. The molecule has 0 radical (unpaired) electrons. The van der Waals surface area contributed by atoms with Crippen molar-refractivity contribution in [3.8, 4) is 0 Å². The first-order valence-corrected chi connectivity index (χ1v) is 7.36. The Balaban J connectivity index is 2.12. The number of nitrogens with zero attached hydrogens (tertiary/aromatic N) is 1. The number of amidine groups is 1. The van der Waals surface area contributed by atoms with Crippen LogP contribution >= 0.6 is 15.9 Å². The van der Waals surface area contributed by atoms with Gasteiger partial charge < -0.3 is 20.5 Å². The largest absolute Gasteiger partial charge is 0.388 e. The maximum absolute atomic E-state index is 10.5. The standard InChI is InChI=1S/C14H20BrN3O2/c1-18(9-14(19)4-6-20-7-5-14)12-3-2-10(13(16)17)8-11(12)15/h2-3,8,19H,4-7,9H2,1H3,(H3,16,17). The van der Waals surface area contributed by atoms with Gasteiger partial charge in [0, 0.05) is 49.7 Å². The van der Waals surface area contributed by atoms with Gasteiger partial charge in [-0.15, -0.1) is 0 Å². The fourth-order valence-electron chi connectivity index (χ4n) is 2.42. The van der Waals surface area contributed by atoms with Crippen molar-refractivity contribution in [1.82, 2.24) is 0 Å². The van der Waals surface area contributed by atoms with Gasteiger partial charge in [0.2, 0.25) is 0 Å². The summed E-state index contributed by atoms with van der Waals surface area (Å²) in [7, 11) is 1.95. The van der Waals surface area contributed by atoms with Crippen molar-refractivity contribution >= 4 is 27.5 Å². The van der Waals surface area contributed by atoms with Crippen LogP contribution in [0.3, 0.4) is 0 Å². The molecule has 1 aromatic rings. The average Bonchev–Trinajstić information content (AvgIpc) is 2.38. The highest BCUT2D eigenvalue weighted by Gasteiger charge is 2.31. The summed E-state index contributed by atoms with van der Waals surface area (Å²) in [5.74, 6) is 0.0444. The first-order chi connectivity index (χ1) is 9.41. The van der Waals surface area contributed by atoms with Gasteiger partial charge in [0.25, 0.3) is 0 Å². The molecule has 110 valence electrons. The molecule has 1 saturated heterocycles. The van der Waals surface area contributed by atoms with Crippen molar-refractivity contribution in [2.45, 2.75) is 18.4 Å². The molecule has 0 bridgehead atoms. The molecule has 0 amide bonds. The van der Waals surface area contributed by atoms with Gasteiger partial charge in [-0.05, 0) is 34.1 Å². The normalized spacial score (nSPS) is 17.8. The number of nitrogens with two attached hydrogens (primary N) is 1. The lowest BCUT2D eigenvalue weighted by atomic mass is 9.94. The first kappa shape index (κ1) is 15.3. The summed E-state index contributed by atoms with van der Waals surface area (Å²) < 4.78 is 6.16. The van der Waals surface area contributed by atoms with Crippen molar-refractivity contribution in [2.24, 2.45) is 5.73 Å². The predicted octanol–water partition coefficient (Wildman–Crippen LogP) is 1.71. The van der Waals surface area contributed by atoms with E-state index in [2.05, 4.69) is 15.9 Å². The van der Waals surface area contributed by atoms with Gasteiger partial charge in [-0.2, -0.15) is 0 Å². The molecule has 0 atom stereocenters. The third-order valence-corrected chi connectivity index (χ3v) is 4.26. The van der Waals surface area contributed by atoms with Crippen molar-refractivity contribution in [3.63, 3.8) is 0 Å². The van der Waals surface area contributed by atoms with E-state index in [9.17, 15) is 5.11 Å². The number of nitrogens with one attached hydrogen (secondary N) is 1. The quantitative estimate of drug-likeness (QED) is 0.575. The van der Waals surface area contributed by atoms with E-state index in [1.807, 2.05) is 30.1 Å². The van der Waals surface area contributed by atoms with Crippen molar-refractivity contribution in [1.29, 1.82) is 5.41 Å². The maximum atomic E-state index is 10.5. The number of rotatable bonds is 4. The molecular weight excluding hydrogens is 322 g/mol. The van der Waals surface area contributed by atoms with E-state index >= 15 is 0 Å². The number of hydrogen-bond acceptors (Lipinski definition) is 4. The molecule has 0 spiro atoms. The van der Waals surface area contributed by atoms with E-state index in [0.29, 0.717) is 38.2 Å². The Kier molecular flexibility index (Phi) is 4.67. The highest BCUT2D eigenvalue weighted by Crippen LogP contribution is 2.29. The molecule has 0 unspecified atom stereocenters. The minimum Gasteiger partial charge on any atom is -0.388 e. The summed E-state index contributed by atoms with van der Waals surface area (Å²) >= 11 is 3.50. The van der Waals surface area contributed by atoms with E-state index in [1.165, 1.54) is 0 Å². The second-order valence-corrected chi connectivity index (χ2v) is 6.13. The van der Waals surface area contributed by atoms with Crippen LogP contribution in [-0.4, -0.2) is 43.3 Å². The van der Waals surface area contributed by atoms with Crippen LogP contribution in [0.5, 0.6) is 0 Å². The second-order valence-electron chi connectivity index (χ2n) is 5.27. The zero-order chi connectivity index (χ0) is 14.8. The van der Waals surface area contributed by atoms with Gasteiger partial charge in [-0.3, -0.25) is 5.41 Å². The van der Waals surface area contributed by atoms with Crippen LogP contribution in [0.1, 0.15) is 18.4 Å². The second kappa shape index (κ2) is 6.11. The van der Waals surface area contributed by atoms with E-state index in [-0.39, 0.29) is 5.84 Å². The number of aliphatic hydroxyl groups is 1. The number of halogens is 1. The molecule has 1 aromatic carbocycles. The number of nitrogen functional groups attached to an aromatic ring is 1. The van der Waals surface area contributed by atoms with Crippen LogP contribution in [0.4, 0.5) is 5.69 Å². The third-order valence-electron chi connectivity index (χ3n) is 3.62. The molecule has 6 heteroatoms. The van der Waals surface area contributed by atoms with E-state index in [4.69, 9.17) is 15.9 Å². The Morgan fingerprint density at radius 2 is 2.15 bits per heavy atom. The van der Waals surface area contributed by atoms with Gasteiger partial charge in [-0.1, -0.05) is 0 Å². The van der Waals surface area contributed by atoms with Gasteiger partial charge in [-0.25, -0.2) is 0 Å². The molecule has 1 aliphatic heterocycles. The summed E-state index contributed by atoms with van der Waals surface area (Å²) in [6.45, 7) is 1.76. The molecule has 2 rings (SSSR count). The number of benzene rings is 1. The van der Waals surface area contributed by atoms with Crippen LogP contribution in [0.2, 0.25) is 0 Å². The topological polar surface area (TPSA) is 82.6 Å². The number of hydrogen-bond donors (Lipinski definition) is 3. The molecule has 1 aliphatic rings. The summed E-state index contributed by atoms with van der Waals surface area (Å²) in [5.41, 5.74) is 6.42. The predicted molar refractivity (Wildman–Crippen MR) is 83.4 cm³/mol. The minimum atomic E-state index is -0.703. The SMILES string of the molecule is CN(CC1(O)CCOCC1)c1ccc(C(=N)N)cc1Br. The Bertz CT molecular complexity index is 501. The Hall–Kier alpha value is -1.11. The molecule has 4 N–H and O–H groups in total. The third kappa shape index (κ3) is 3.50. The van der Waals surface area contributed by atoms with E-state index in [1.54, 1.807) is 0 Å². The van der Waals surface area contributed by atoms with Crippen molar-refractivity contribution in [3.05, 3.63) is 28.2 Å². The lowest BCUT2D eigenvalue weighted by Gasteiger charge is -2.36. The molecule has 20 heavy (non-hydrogen) atoms. The Labute approximate surface area is 127 Å². The van der Waals surface area contributed by atoms with Crippen molar-refractivity contribution < 1.29 is 9.84 Å². The van der Waals surface area contributed by atoms with Crippen LogP contribution in [0.25, 0.3) is 0 Å². The zero-order valence-corrected chi connectivity index (χ0v) is 13.1. The fraction of sp³-hybridized carbons (Fsp3) is 0.500. The minimum absolute atomic E-state index is 0.0444. The van der Waals surface area contributed by atoms with E-state index in [0.717, 1.165) is 10.2 Å². The van der Waals surface area contributed by atoms with Gasteiger partial charge in [0.15, 0.2) is 0 Å². The first-order valence-electron chi connectivity index (χ1n) is 6.56. The zero-order valence-electron chi connectivity index (χ0n) is 11.5. The lowest BCUT2D eigenvalue weighted by Crippen LogP contribution is -2.45. The summed E-state index contributed by atoms with van der Waals surface area (Å²) in [6, 6.07) is 5.54. The summed E-state index contributed by atoms with van der Waals surface area (Å²) in [4.78, 5) is 2.01. The van der Waals surface area contributed by atoms with Crippen LogP contribution in [0, 0.1) is 5.41 Å². The molecular formula is C14H20BrN3O2. The fourth-order valence-corrected chi connectivity index (χ4v) is 3.10. The summed E-state index contributed by atoms with van der Waals surface area (Å²) in [5, 5.41) is 18.0.